The summed E-state index contributed by atoms with van der Waals surface area (Å²) in [5.41, 5.74) is 0. The van der Waals surface area contributed by atoms with E-state index in [1.54, 1.807) is 7.05 Å². The predicted octanol–water partition coefficient (Wildman–Crippen LogP) is 0.690. The topological polar surface area (TPSA) is 64.9 Å². The highest BCUT2D eigenvalue weighted by Crippen LogP contribution is 2.18. The van der Waals surface area contributed by atoms with E-state index in [1.165, 1.54) is 17.6 Å². The normalized spacial score (nSPS) is 21.3. The summed E-state index contributed by atoms with van der Waals surface area (Å²) in [5.74, 6) is 0.816. The fraction of sp³-hybridized carbons (Fsp3) is 0.917. The van der Waals surface area contributed by atoms with Gasteiger partial charge in [-0.25, -0.2) is 0 Å². The minimum Gasteiger partial charge on any atom is -0.378 e. The molecule has 1 aromatic heterocycles. The third-order valence-electron chi connectivity index (χ3n) is 3.33. The molecule has 2 heterocycles. The molecule has 0 aliphatic carbocycles. The zero-order valence-electron chi connectivity index (χ0n) is 11.3. The molecule has 1 saturated heterocycles. The lowest BCUT2D eigenvalue weighted by Gasteiger charge is -2.18. The Bertz CT molecular complexity index is 348. The van der Waals surface area contributed by atoms with Gasteiger partial charge in [-0.15, -0.1) is 10.2 Å². The van der Waals surface area contributed by atoms with Crippen molar-refractivity contribution in [1.82, 2.24) is 25.5 Å². The molecule has 18 heavy (non-hydrogen) atoms. The van der Waals surface area contributed by atoms with Crippen LogP contribution in [-0.2, 0) is 18.2 Å². The number of ether oxygens (including phenoxy) is 1. The number of rotatable bonds is 7. The van der Waals surface area contributed by atoms with Crippen molar-refractivity contribution in [3.05, 3.63) is 5.82 Å². The van der Waals surface area contributed by atoms with Gasteiger partial charge in [0.25, 0.3) is 0 Å². The molecule has 0 aromatic carbocycles. The van der Waals surface area contributed by atoms with E-state index < -0.39 is 0 Å². The summed E-state index contributed by atoms with van der Waals surface area (Å²) in [6.45, 7) is 4.03. The van der Waals surface area contributed by atoms with Crippen LogP contribution in [0.25, 0.3) is 0 Å². The number of tetrazole rings is 1. The minimum absolute atomic E-state index is 0.420. The van der Waals surface area contributed by atoms with Gasteiger partial charge in [0.1, 0.15) is 0 Å². The Kier molecular flexibility index (Phi) is 5.07. The summed E-state index contributed by atoms with van der Waals surface area (Å²) in [4.78, 5) is 1.51. The molecule has 1 fully saturated rings. The van der Waals surface area contributed by atoms with Crippen LogP contribution in [0, 0.1) is 0 Å². The minimum atomic E-state index is 0.420. The Morgan fingerprint density at radius 3 is 3.06 bits per heavy atom. The van der Waals surface area contributed by atoms with Crippen LogP contribution in [0.4, 0.5) is 0 Å². The lowest BCUT2D eigenvalue weighted by atomic mass is 10.0. The second kappa shape index (κ2) is 6.80. The standard InChI is InChI=1S/C12H23N5O/c1-3-13-10(6-7-11-5-4-8-18-11)9-12-14-16-17(2)15-12/h10-11,13H,3-9H2,1-2H3. The molecule has 2 atom stereocenters. The molecule has 1 aromatic rings. The molecule has 1 aliphatic rings. The van der Waals surface area contributed by atoms with Crippen molar-refractivity contribution in [1.29, 1.82) is 0 Å². The van der Waals surface area contributed by atoms with Crippen LogP contribution < -0.4 is 5.32 Å². The first kappa shape index (κ1) is 13.4. The number of nitrogens with zero attached hydrogens (tertiary/aromatic N) is 4. The van der Waals surface area contributed by atoms with Crippen molar-refractivity contribution >= 4 is 0 Å². The third-order valence-corrected chi connectivity index (χ3v) is 3.33. The quantitative estimate of drug-likeness (QED) is 0.774. The summed E-state index contributed by atoms with van der Waals surface area (Å²) in [5, 5.41) is 15.6. The van der Waals surface area contributed by atoms with Crippen LogP contribution >= 0.6 is 0 Å². The van der Waals surface area contributed by atoms with E-state index in [0.717, 1.165) is 38.2 Å². The van der Waals surface area contributed by atoms with E-state index in [4.69, 9.17) is 4.74 Å². The number of likely N-dealkylation sites (N-methyl/N-ethyl adjacent to an activating group) is 1. The van der Waals surface area contributed by atoms with Crippen molar-refractivity contribution in [3.8, 4) is 0 Å². The van der Waals surface area contributed by atoms with Gasteiger partial charge in [0, 0.05) is 19.1 Å². The smallest absolute Gasteiger partial charge is 0.176 e. The first-order chi connectivity index (χ1) is 8.78. The fourth-order valence-corrected chi connectivity index (χ4v) is 2.45. The largest absolute Gasteiger partial charge is 0.378 e. The van der Waals surface area contributed by atoms with Crippen molar-refractivity contribution in [2.24, 2.45) is 7.05 Å². The maximum Gasteiger partial charge on any atom is 0.176 e. The van der Waals surface area contributed by atoms with Gasteiger partial charge in [-0.3, -0.25) is 0 Å². The lowest BCUT2D eigenvalue weighted by molar-refractivity contribution is 0.0995. The number of aromatic nitrogens is 4. The Labute approximate surface area is 108 Å². The van der Waals surface area contributed by atoms with E-state index in [0.29, 0.717) is 12.1 Å². The third kappa shape index (κ3) is 4.03. The Hall–Kier alpha value is -1.01. The molecule has 0 spiro atoms. The predicted molar refractivity (Wildman–Crippen MR) is 68.2 cm³/mol. The monoisotopic (exact) mass is 253 g/mol. The summed E-state index contributed by atoms with van der Waals surface area (Å²) in [6, 6.07) is 0.420. The number of aryl methyl sites for hydroxylation is 1. The van der Waals surface area contributed by atoms with Crippen LogP contribution in [0.3, 0.4) is 0 Å². The SMILES string of the molecule is CCNC(CCC1CCCO1)Cc1nnn(C)n1. The molecule has 6 heteroatoms. The molecular weight excluding hydrogens is 230 g/mol. The zero-order chi connectivity index (χ0) is 12.8. The van der Waals surface area contributed by atoms with E-state index in [2.05, 4.69) is 27.7 Å². The maximum absolute atomic E-state index is 5.66. The summed E-state index contributed by atoms with van der Waals surface area (Å²) in [6.07, 6.45) is 5.95. The van der Waals surface area contributed by atoms with Crippen LogP contribution in [0.15, 0.2) is 0 Å². The second-order valence-electron chi connectivity index (χ2n) is 4.87. The molecule has 2 rings (SSSR count). The molecule has 6 nitrogen and oxygen atoms in total. The second-order valence-corrected chi connectivity index (χ2v) is 4.87. The van der Waals surface area contributed by atoms with Crippen LogP contribution in [0.1, 0.15) is 38.4 Å². The fourth-order valence-electron chi connectivity index (χ4n) is 2.45. The number of hydrogen-bond donors (Lipinski definition) is 1. The summed E-state index contributed by atoms with van der Waals surface area (Å²) in [7, 11) is 1.80. The van der Waals surface area contributed by atoms with E-state index >= 15 is 0 Å². The van der Waals surface area contributed by atoms with Gasteiger partial charge in [0.05, 0.1) is 13.2 Å². The molecular formula is C12H23N5O. The molecule has 0 radical (unpaired) electrons. The van der Waals surface area contributed by atoms with Gasteiger partial charge < -0.3 is 10.1 Å². The molecule has 0 saturated carbocycles. The van der Waals surface area contributed by atoms with Crippen molar-refractivity contribution in [2.75, 3.05) is 13.2 Å². The molecule has 2 unspecified atom stereocenters. The van der Waals surface area contributed by atoms with E-state index in [-0.39, 0.29) is 0 Å². The highest BCUT2D eigenvalue weighted by Gasteiger charge is 2.18. The van der Waals surface area contributed by atoms with Gasteiger partial charge >= 0.3 is 0 Å². The van der Waals surface area contributed by atoms with E-state index in [1.807, 2.05) is 0 Å². The summed E-state index contributed by atoms with van der Waals surface area (Å²) >= 11 is 0. The molecule has 102 valence electrons. The van der Waals surface area contributed by atoms with Gasteiger partial charge in [-0.1, -0.05) is 6.92 Å². The Morgan fingerprint density at radius 1 is 1.56 bits per heavy atom. The molecule has 1 N–H and O–H groups in total. The number of hydrogen-bond acceptors (Lipinski definition) is 5. The lowest BCUT2D eigenvalue weighted by Crippen LogP contribution is -2.32. The number of nitrogens with one attached hydrogen (secondary N) is 1. The average molecular weight is 253 g/mol. The first-order valence-electron chi connectivity index (χ1n) is 6.85. The molecule has 0 amide bonds. The average Bonchev–Trinajstić information content (AvgIpc) is 2.98. The van der Waals surface area contributed by atoms with Crippen LogP contribution in [0.5, 0.6) is 0 Å². The van der Waals surface area contributed by atoms with Crippen molar-refractivity contribution in [3.63, 3.8) is 0 Å². The maximum atomic E-state index is 5.66. The van der Waals surface area contributed by atoms with Gasteiger partial charge in [-0.2, -0.15) is 4.80 Å². The zero-order valence-corrected chi connectivity index (χ0v) is 11.3. The molecule has 1 aliphatic heterocycles. The van der Waals surface area contributed by atoms with Crippen molar-refractivity contribution in [2.45, 2.75) is 51.2 Å². The van der Waals surface area contributed by atoms with Crippen molar-refractivity contribution < 1.29 is 4.74 Å². The molecule has 0 bridgehead atoms. The van der Waals surface area contributed by atoms with Gasteiger partial charge in [-0.05, 0) is 37.4 Å². The van der Waals surface area contributed by atoms with Crippen LogP contribution in [0.2, 0.25) is 0 Å². The first-order valence-corrected chi connectivity index (χ1v) is 6.85. The van der Waals surface area contributed by atoms with E-state index in [9.17, 15) is 0 Å². The highest BCUT2D eigenvalue weighted by atomic mass is 16.5. The Morgan fingerprint density at radius 2 is 2.44 bits per heavy atom. The van der Waals surface area contributed by atoms with Gasteiger partial charge in [0.15, 0.2) is 5.82 Å². The summed E-state index contributed by atoms with van der Waals surface area (Å²) < 4.78 is 5.66. The van der Waals surface area contributed by atoms with Crippen LogP contribution in [-0.4, -0.2) is 45.5 Å². The Balaban J connectivity index is 1.79. The highest BCUT2D eigenvalue weighted by molar-refractivity contribution is 4.85. The van der Waals surface area contributed by atoms with Gasteiger partial charge in [0.2, 0.25) is 0 Å².